The molecule has 1 aromatic carbocycles. The van der Waals surface area contributed by atoms with Gasteiger partial charge in [0.2, 0.25) is 0 Å². The molecular formula is C33H40O8. The third-order valence-electron chi connectivity index (χ3n) is 11.8. The fourth-order valence-electron chi connectivity index (χ4n) is 9.13. The summed E-state index contributed by atoms with van der Waals surface area (Å²) in [5, 5.41) is 10.2. The van der Waals surface area contributed by atoms with Crippen LogP contribution in [0.25, 0.3) is 0 Å². The number of benzene rings is 1. The van der Waals surface area contributed by atoms with Crippen molar-refractivity contribution < 1.29 is 38.6 Å². The van der Waals surface area contributed by atoms with Crippen LogP contribution in [0.5, 0.6) is 11.5 Å². The van der Waals surface area contributed by atoms with Gasteiger partial charge >= 0.3 is 17.9 Å². The molecule has 0 bridgehead atoms. The molecular weight excluding hydrogens is 524 g/mol. The van der Waals surface area contributed by atoms with Crippen molar-refractivity contribution in [3.63, 3.8) is 0 Å². The van der Waals surface area contributed by atoms with Gasteiger partial charge in [-0.05, 0) is 97.3 Å². The van der Waals surface area contributed by atoms with Crippen LogP contribution in [-0.2, 0) is 19.8 Å². The maximum atomic E-state index is 13.9. The van der Waals surface area contributed by atoms with Gasteiger partial charge in [0, 0.05) is 24.8 Å². The minimum atomic E-state index is -0.791. The van der Waals surface area contributed by atoms with Crippen LogP contribution < -0.4 is 9.47 Å². The van der Waals surface area contributed by atoms with Crippen LogP contribution >= 0.6 is 0 Å². The third kappa shape index (κ3) is 3.96. The largest absolute Gasteiger partial charge is 0.481 e. The standard InChI is InChI=1S/C33H40O8/c1-18(35)40-23-14-21-26(20(17-34)27(23)41-19(2)36)22(37)15-24-31(21,5)11-13-33(7)25-16-30(4,28(38)39)9-8-29(25,3)10-12-32(24,33)6/h14-15,17,25H,8-13,16H2,1-7H3,(H,38,39)/t25-,29-,30-,31+,32-,33+/m1/s1. The van der Waals surface area contributed by atoms with Crippen molar-refractivity contribution in [2.24, 2.45) is 27.6 Å². The van der Waals surface area contributed by atoms with Crippen molar-refractivity contribution in [3.8, 4) is 11.5 Å². The summed E-state index contributed by atoms with van der Waals surface area (Å²) in [6.07, 6.45) is 7.52. The molecule has 220 valence electrons. The van der Waals surface area contributed by atoms with Crippen LogP contribution in [0.15, 0.2) is 17.7 Å². The molecule has 0 heterocycles. The summed E-state index contributed by atoms with van der Waals surface area (Å²) >= 11 is 0. The number of allylic oxidation sites excluding steroid dienone is 2. The smallest absolute Gasteiger partial charge is 0.309 e. The molecule has 0 aromatic heterocycles. The van der Waals surface area contributed by atoms with Gasteiger partial charge in [-0.1, -0.05) is 27.7 Å². The van der Waals surface area contributed by atoms with Crippen molar-refractivity contribution in [3.05, 3.63) is 34.4 Å². The number of aldehydes is 1. The second kappa shape index (κ2) is 9.10. The molecule has 0 saturated heterocycles. The Morgan fingerprint density at radius 3 is 2.15 bits per heavy atom. The van der Waals surface area contributed by atoms with E-state index in [2.05, 4.69) is 27.7 Å². The second-order valence-electron chi connectivity index (χ2n) is 14.1. The first-order valence-corrected chi connectivity index (χ1v) is 14.5. The van der Waals surface area contributed by atoms with Crippen LogP contribution in [0.2, 0.25) is 0 Å². The lowest BCUT2D eigenvalue weighted by Gasteiger charge is -2.69. The van der Waals surface area contributed by atoms with Gasteiger partial charge in [0.05, 0.1) is 11.0 Å². The minimum absolute atomic E-state index is 0.0141. The first-order valence-electron chi connectivity index (χ1n) is 14.5. The molecule has 0 aliphatic heterocycles. The molecule has 0 unspecified atom stereocenters. The zero-order valence-electron chi connectivity index (χ0n) is 25.1. The average Bonchev–Trinajstić information content (AvgIpc) is 2.88. The van der Waals surface area contributed by atoms with E-state index in [0.29, 0.717) is 31.1 Å². The van der Waals surface area contributed by atoms with Gasteiger partial charge in [-0.2, -0.15) is 0 Å². The highest BCUT2D eigenvalue weighted by Crippen LogP contribution is 2.74. The topological polar surface area (TPSA) is 124 Å². The van der Waals surface area contributed by atoms with Gasteiger partial charge in [0.1, 0.15) is 0 Å². The Labute approximate surface area is 240 Å². The number of carbonyl (C=O) groups excluding carboxylic acids is 4. The van der Waals surface area contributed by atoms with Gasteiger partial charge in [-0.3, -0.25) is 24.0 Å². The van der Waals surface area contributed by atoms with E-state index in [1.54, 1.807) is 12.1 Å². The summed E-state index contributed by atoms with van der Waals surface area (Å²) in [4.78, 5) is 62.7. The lowest BCUT2D eigenvalue weighted by molar-refractivity contribution is -0.177. The molecule has 3 fully saturated rings. The molecule has 41 heavy (non-hydrogen) atoms. The Morgan fingerprint density at radius 2 is 1.56 bits per heavy atom. The highest BCUT2D eigenvalue weighted by molar-refractivity contribution is 6.14. The van der Waals surface area contributed by atoms with E-state index in [-0.39, 0.29) is 45.2 Å². The maximum Gasteiger partial charge on any atom is 0.309 e. The number of hydrogen-bond donors (Lipinski definition) is 1. The number of carboxylic acid groups (broad SMARTS) is 1. The van der Waals surface area contributed by atoms with Crippen LogP contribution in [0.3, 0.4) is 0 Å². The Balaban J connectivity index is 1.70. The Bertz CT molecular complexity index is 1440. The van der Waals surface area contributed by atoms with E-state index in [4.69, 9.17) is 9.47 Å². The van der Waals surface area contributed by atoms with Gasteiger partial charge in [0.15, 0.2) is 23.6 Å². The minimum Gasteiger partial charge on any atom is -0.481 e. The zero-order chi connectivity index (χ0) is 30.3. The number of rotatable bonds is 4. The number of carboxylic acids is 1. The number of fused-ring (bicyclic) bond motifs is 7. The molecule has 0 radical (unpaired) electrons. The summed E-state index contributed by atoms with van der Waals surface area (Å²) in [7, 11) is 0. The van der Waals surface area contributed by atoms with E-state index in [0.717, 1.165) is 31.3 Å². The lowest BCUT2D eigenvalue weighted by atomic mass is 9.34. The summed E-state index contributed by atoms with van der Waals surface area (Å²) in [6.45, 7) is 13.2. The summed E-state index contributed by atoms with van der Waals surface area (Å²) in [6, 6.07) is 1.59. The highest BCUT2D eigenvalue weighted by atomic mass is 16.6. The van der Waals surface area contributed by atoms with Crippen molar-refractivity contribution >= 4 is 30.0 Å². The molecule has 0 amide bonds. The van der Waals surface area contributed by atoms with E-state index >= 15 is 0 Å². The van der Waals surface area contributed by atoms with Gasteiger partial charge in [-0.15, -0.1) is 0 Å². The molecule has 8 nitrogen and oxygen atoms in total. The summed E-state index contributed by atoms with van der Waals surface area (Å²) in [5.41, 5.74) is -0.470. The average molecular weight is 565 g/mol. The first kappa shape index (κ1) is 29.2. The molecule has 0 spiro atoms. The van der Waals surface area contributed by atoms with Crippen molar-refractivity contribution in [1.82, 2.24) is 0 Å². The van der Waals surface area contributed by atoms with Crippen molar-refractivity contribution in [2.75, 3.05) is 0 Å². The third-order valence-corrected chi connectivity index (χ3v) is 11.8. The number of carbonyl (C=O) groups is 5. The van der Waals surface area contributed by atoms with E-state index in [1.165, 1.54) is 13.8 Å². The molecule has 1 aromatic rings. The monoisotopic (exact) mass is 564 g/mol. The number of hydrogen-bond acceptors (Lipinski definition) is 7. The predicted octanol–water partition coefficient (Wildman–Crippen LogP) is 6.23. The Morgan fingerprint density at radius 1 is 0.927 bits per heavy atom. The normalized spacial score (nSPS) is 37.4. The van der Waals surface area contributed by atoms with E-state index < -0.39 is 34.2 Å². The summed E-state index contributed by atoms with van der Waals surface area (Å²) < 4.78 is 10.7. The fourth-order valence-corrected chi connectivity index (χ4v) is 9.13. The fraction of sp³-hybridized carbons (Fsp3) is 0.606. The number of esters is 2. The number of ketones is 1. The molecule has 5 rings (SSSR count). The van der Waals surface area contributed by atoms with Crippen molar-refractivity contribution in [2.45, 2.75) is 98.8 Å². The first-order chi connectivity index (χ1) is 19.0. The van der Waals surface area contributed by atoms with Crippen molar-refractivity contribution in [1.29, 1.82) is 0 Å². The lowest BCUT2D eigenvalue weighted by Crippen LogP contribution is -2.62. The number of aliphatic carboxylic acids is 1. The maximum absolute atomic E-state index is 13.9. The van der Waals surface area contributed by atoms with Crippen LogP contribution in [0, 0.1) is 27.6 Å². The van der Waals surface area contributed by atoms with E-state index in [9.17, 15) is 29.1 Å². The predicted molar refractivity (Wildman–Crippen MR) is 150 cm³/mol. The SMILES string of the molecule is CC(=O)Oc1cc2c(c(C=O)c1OC(C)=O)C(=O)C=C1[C@@]2(C)CC[C@@]2(C)[C@@H]3C[C@](C)(C(=O)O)CC[C@]3(C)CC[C@]12C. The Hall–Kier alpha value is -3.29. The molecule has 4 aliphatic carbocycles. The second-order valence-corrected chi connectivity index (χ2v) is 14.1. The molecule has 3 saturated carbocycles. The van der Waals surface area contributed by atoms with E-state index in [1.807, 2.05) is 6.92 Å². The van der Waals surface area contributed by atoms with Crippen LogP contribution in [-0.4, -0.2) is 35.1 Å². The van der Waals surface area contributed by atoms with Gasteiger partial charge < -0.3 is 14.6 Å². The van der Waals surface area contributed by atoms with Gasteiger partial charge in [-0.25, -0.2) is 0 Å². The van der Waals surface area contributed by atoms with Gasteiger partial charge in [0.25, 0.3) is 0 Å². The van der Waals surface area contributed by atoms with Crippen LogP contribution in [0.1, 0.15) is 120 Å². The zero-order valence-corrected chi connectivity index (χ0v) is 25.1. The molecule has 8 heteroatoms. The number of ether oxygens (including phenoxy) is 2. The summed E-state index contributed by atoms with van der Waals surface area (Å²) in [5.74, 6) is -2.60. The highest BCUT2D eigenvalue weighted by Gasteiger charge is 2.67. The molecule has 4 aliphatic rings. The molecule has 6 atom stereocenters. The Kier molecular flexibility index (Phi) is 6.49. The quantitative estimate of drug-likeness (QED) is 0.259. The van der Waals surface area contributed by atoms with Crippen LogP contribution in [0.4, 0.5) is 0 Å². The molecule has 1 N–H and O–H groups in total.